The first kappa shape index (κ1) is 146. The van der Waals surface area contributed by atoms with Gasteiger partial charge < -0.3 is 36.5 Å². The standard InChI is InChI=1S/15Ca.7HNO3.30H/c;;;;;;;;;;;;;;;7*2-1(3)4;;;;;;;;;;;;;;;;;;;;;;;;;;;;;;/h;;;;;;;;;;;;;;;7*(H,2,3,4);;;;;;;;;;;;;;;;;;;;;;;;;;;;;;. The Morgan fingerprint density at radius 2 is 0.209 bits per heavy atom. The molecule has 0 atom stereocenters. The normalized spacial score (nSPS) is 3.91. The second kappa shape index (κ2) is 139. The third kappa shape index (κ3) is 888. The van der Waals surface area contributed by atoms with Crippen LogP contribution in [0.5, 0.6) is 0 Å². The molecule has 0 saturated carbocycles. The molecule has 0 saturated heterocycles. The summed E-state index contributed by atoms with van der Waals surface area (Å²) in [5, 5.41) is 95.5. The maximum atomic E-state index is 8.36. The third-order valence-corrected chi connectivity index (χ3v) is 0. The second-order valence-corrected chi connectivity index (χ2v) is 1.66. The van der Waals surface area contributed by atoms with Gasteiger partial charge in [-0.25, -0.2) is 0 Å². The molecule has 0 aromatic rings. The Balaban J connectivity index is -0.00000000565. The van der Waals surface area contributed by atoms with Crippen LogP contribution in [0.1, 0.15) is 0 Å². The summed E-state index contributed by atoms with van der Waals surface area (Å²) in [7, 11) is 0. The topological polar surface area (TPSA) is 444 Å². The SMILES string of the molecule is O=[N+]([O-])O.O=[N+]([O-])O.O=[N+]([O-])O.O=[N+]([O-])O.O=[N+]([O-])O.O=[N+]([O-])O.O=[N+]([O-])O.[CaH2].[CaH2].[CaH2].[CaH2].[CaH2].[CaH2].[CaH2].[CaH2].[CaH2].[CaH2].[CaH2].[CaH2].[CaH2].[CaH2].[CaH2]. The zero-order valence-corrected chi connectivity index (χ0v) is 12.0. The molecule has 0 spiro atoms. The van der Waals surface area contributed by atoms with Gasteiger partial charge in [-0.1, -0.05) is 0 Å². The van der Waals surface area contributed by atoms with Gasteiger partial charge in [-0.05, 0) is 0 Å². The molecule has 43 heavy (non-hydrogen) atoms. The summed E-state index contributed by atoms with van der Waals surface area (Å²) in [6.45, 7) is 0. The number of hydrogen-bond acceptors (Lipinski definition) is 14. The fourth-order valence-corrected chi connectivity index (χ4v) is 0. The van der Waals surface area contributed by atoms with Crippen LogP contribution in [0, 0.1) is 70.8 Å². The minimum absolute atomic E-state index is 0. The van der Waals surface area contributed by atoms with Crippen LogP contribution in [0.4, 0.5) is 0 Å². The molecule has 0 radical (unpaired) electrons. The van der Waals surface area contributed by atoms with Gasteiger partial charge in [-0.2, -0.15) is 0 Å². The summed E-state index contributed by atoms with van der Waals surface area (Å²) in [6, 6.07) is 0. The summed E-state index contributed by atoms with van der Waals surface area (Å²) in [4.78, 5) is 58.5. The minimum atomic E-state index is -1.50. The molecular weight excluding hydrogens is 1040 g/mol. The van der Waals surface area contributed by atoms with Gasteiger partial charge >= 0.3 is 566 Å². The first-order valence-electron chi connectivity index (χ1n) is 3.96. The zero-order valence-electron chi connectivity index (χ0n) is 12.0. The van der Waals surface area contributed by atoms with Crippen LogP contribution in [0.3, 0.4) is 0 Å². The first-order chi connectivity index (χ1) is 12.1. The molecule has 43 heteroatoms. The van der Waals surface area contributed by atoms with Gasteiger partial charge in [0.2, 0.25) is 0 Å². The molecule has 0 amide bonds. The molecule has 0 aliphatic heterocycles. The van der Waals surface area contributed by atoms with Crippen LogP contribution in [-0.4, -0.2) is 638 Å². The fourth-order valence-electron chi connectivity index (χ4n) is 0. The summed E-state index contributed by atoms with van der Waals surface area (Å²) < 4.78 is 0. The number of nitrogens with zero attached hydrogens (tertiary/aromatic N) is 7. The van der Waals surface area contributed by atoms with Crippen molar-refractivity contribution in [1.29, 1.82) is 0 Å². The van der Waals surface area contributed by atoms with Crippen LogP contribution in [0.15, 0.2) is 0 Å². The Hall–Kier alpha value is 13.3. The number of hydrogen-bond donors (Lipinski definition) is 7. The molecule has 0 heterocycles. The van der Waals surface area contributed by atoms with E-state index in [1.165, 1.54) is 0 Å². The molecule has 0 aliphatic carbocycles. The zero-order chi connectivity index (χ0) is 25.0. The Labute approximate surface area is 686 Å². The number of rotatable bonds is 0. The molecule has 28 nitrogen and oxygen atoms in total. The van der Waals surface area contributed by atoms with Crippen molar-refractivity contribution in [2.75, 3.05) is 0 Å². The van der Waals surface area contributed by atoms with Gasteiger partial charge in [-0.3, -0.25) is 0 Å². The van der Waals surface area contributed by atoms with E-state index in [-0.39, 0.29) is 566 Å². The van der Waals surface area contributed by atoms with Crippen molar-refractivity contribution in [3.8, 4) is 0 Å². The molecule has 0 rings (SSSR count). The average Bonchev–Trinajstić information content (AvgIpc) is 2.20. The van der Waals surface area contributed by atoms with Crippen molar-refractivity contribution in [2.24, 2.45) is 0 Å². The fraction of sp³-hybridized carbons (Fsp3) is 0. The van der Waals surface area contributed by atoms with Crippen LogP contribution in [-0.2, 0) is 0 Å². The van der Waals surface area contributed by atoms with E-state index in [2.05, 4.69) is 0 Å². The summed E-state index contributed by atoms with van der Waals surface area (Å²) >= 11 is 0. The van der Waals surface area contributed by atoms with E-state index < -0.39 is 35.6 Å². The molecule has 0 bridgehead atoms. The van der Waals surface area contributed by atoms with Crippen molar-refractivity contribution < 1.29 is 72.1 Å². The summed E-state index contributed by atoms with van der Waals surface area (Å²) in [5.74, 6) is 0. The molecule has 0 aromatic carbocycles. The first-order valence-corrected chi connectivity index (χ1v) is 3.96. The quantitative estimate of drug-likeness (QED) is 0.0673. The van der Waals surface area contributed by atoms with E-state index in [0.717, 1.165) is 0 Å². The van der Waals surface area contributed by atoms with E-state index in [1.54, 1.807) is 0 Å². The van der Waals surface area contributed by atoms with Gasteiger partial charge in [0.25, 0.3) is 35.6 Å². The van der Waals surface area contributed by atoms with Crippen molar-refractivity contribution in [3.63, 3.8) is 0 Å². The third-order valence-electron chi connectivity index (χ3n) is 0. The van der Waals surface area contributed by atoms with Crippen LogP contribution < -0.4 is 0 Å². The van der Waals surface area contributed by atoms with Crippen LogP contribution >= 0.6 is 0 Å². The predicted octanol–water partition coefficient (Wildman–Crippen LogP) is -16.2. The van der Waals surface area contributed by atoms with Crippen molar-refractivity contribution in [3.05, 3.63) is 70.8 Å². The summed E-state index contributed by atoms with van der Waals surface area (Å²) in [6.07, 6.45) is 0. The van der Waals surface area contributed by atoms with E-state index in [0.29, 0.717) is 0 Å². The monoisotopic (exact) mass is 1070 g/mol. The van der Waals surface area contributed by atoms with Gasteiger partial charge in [0.15, 0.2) is 0 Å². The molecule has 0 aromatic heterocycles. The second-order valence-electron chi connectivity index (χ2n) is 1.66. The Kier molecular flexibility index (Phi) is 472. The maximum absolute atomic E-state index is 8.36. The molecule has 0 fully saturated rings. The van der Waals surface area contributed by atoms with E-state index in [4.69, 9.17) is 107 Å². The Morgan fingerprint density at radius 1 is 0.209 bits per heavy atom. The van der Waals surface area contributed by atoms with Gasteiger partial charge in [0, 0.05) is 0 Å². The van der Waals surface area contributed by atoms with E-state index in [1.807, 2.05) is 0 Å². The average molecular weight is 1070 g/mol. The van der Waals surface area contributed by atoms with Crippen LogP contribution in [0.25, 0.3) is 0 Å². The van der Waals surface area contributed by atoms with Gasteiger partial charge in [0.1, 0.15) is 0 Å². The van der Waals surface area contributed by atoms with Gasteiger partial charge in [0.05, 0.1) is 0 Å². The van der Waals surface area contributed by atoms with Crippen molar-refractivity contribution >= 4 is 566 Å². The molecular formula is H37Ca15N7O21. The Morgan fingerprint density at radius 3 is 0.209 bits per heavy atom. The van der Waals surface area contributed by atoms with Gasteiger partial charge in [-0.15, -0.1) is 70.8 Å². The van der Waals surface area contributed by atoms with Crippen LogP contribution in [0.2, 0.25) is 0 Å². The summed E-state index contributed by atoms with van der Waals surface area (Å²) in [5.41, 5.74) is 0. The molecule has 0 aliphatic rings. The van der Waals surface area contributed by atoms with Crippen molar-refractivity contribution in [1.82, 2.24) is 0 Å². The molecule has 0 unspecified atom stereocenters. The predicted molar refractivity (Wildman–Crippen MR) is 190 cm³/mol. The van der Waals surface area contributed by atoms with E-state index >= 15 is 0 Å². The Bertz CT molecular complexity index is 342. The van der Waals surface area contributed by atoms with Crippen molar-refractivity contribution in [2.45, 2.75) is 0 Å². The molecule has 228 valence electrons. The molecule has 7 N–H and O–H groups in total. The van der Waals surface area contributed by atoms with E-state index in [9.17, 15) is 0 Å².